The highest BCUT2D eigenvalue weighted by atomic mass is 19.4. The topological polar surface area (TPSA) is 32.3 Å². The Bertz CT molecular complexity index is 437. The van der Waals surface area contributed by atoms with Gasteiger partial charge in [0.25, 0.3) is 0 Å². The van der Waals surface area contributed by atoms with Crippen LogP contribution in [0.2, 0.25) is 0 Å². The van der Waals surface area contributed by atoms with Crippen molar-refractivity contribution in [3.8, 4) is 0 Å². The Kier molecular flexibility index (Phi) is 3.64. The van der Waals surface area contributed by atoms with E-state index in [0.717, 1.165) is 25.3 Å². The van der Waals surface area contributed by atoms with Crippen molar-refractivity contribution in [3.05, 3.63) is 24.3 Å². The van der Waals surface area contributed by atoms with Crippen LogP contribution < -0.4 is 0 Å². The molecule has 2 saturated heterocycles. The second-order valence-electron chi connectivity index (χ2n) is 5.72. The molecule has 20 heavy (non-hydrogen) atoms. The lowest BCUT2D eigenvalue weighted by Gasteiger charge is -2.21. The Hall–Kier alpha value is -1.21. The lowest BCUT2D eigenvalue weighted by molar-refractivity contribution is -0.144. The largest absolute Gasteiger partial charge is 0.401 e. The number of alkyl halides is 3. The average Bonchev–Trinajstić information content (AvgIpc) is 2.85. The fourth-order valence-electron chi connectivity index (χ4n) is 3.34. The lowest BCUT2D eigenvalue weighted by Crippen LogP contribution is -2.35. The van der Waals surface area contributed by atoms with Crippen LogP contribution in [0.15, 0.2) is 18.6 Å². The molecule has 1 aromatic rings. The molecule has 3 heterocycles. The standard InChI is InChI=1S/C13H17F3N4/c14-13(15,16)9-20-6-10-4-19(5-11(10)7-20)8-12-3-17-1-2-18-12/h1-3,10-11H,4-9H2. The molecule has 7 heteroatoms. The van der Waals surface area contributed by atoms with Gasteiger partial charge in [0.1, 0.15) is 0 Å². The summed E-state index contributed by atoms with van der Waals surface area (Å²) in [6.07, 6.45) is 0.955. The third-order valence-electron chi connectivity index (χ3n) is 4.04. The van der Waals surface area contributed by atoms with E-state index in [1.165, 1.54) is 4.90 Å². The number of nitrogens with zero attached hydrogens (tertiary/aromatic N) is 4. The summed E-state index contributed by atoms with van der Waals surface area (Å²) in [4.78, 5) is 12.1. The van der Waals surface area contributed by atoms with Crippen molar-refractivity contribution in [2.45, 2.75) is 12.7 Å². The van der Waals surface area contributed by atoms with Crippen LogP contribution in [-0.2, 0) is 6.54 Å². The summed E-state index contributed by atoms with van der Waals surface area (Å²) in [7, 11) is 0. The maximum absolute atomic E-state index is 12.4. The van der Waals surface area contributed by atoms with E-state index in [2.05, 4.69) is 14.9 Å². The first-order chi connectivity index (χ1) is 9.49. The molecular formula is C13H17F3N4. The molecule has 0 saturated carbocycles. The van der Waals surface area contributed by atoms with E-state index in [-0.39, 0.29) is 0 Å². The lowest BCUT2D eigenvalue weighted by atomic mass is 10.0. The van der Waals surface area contributed by atoms with E-state index < -0.39 is 12.7 Å². The molecular weight excluding hydrogens is 269 g/mol. The van der Waals surface area contributed by atoms with Gasteiger partial charge in [-0.05, 0) is 11.8 Å². The predicted molar refractivity (Wildman–Crippen MR) is 66.8 cm³/mol. The second kappa shape index (κ2) is 5.29. The summed E-state index contributed by atoms with van der Waals surface area (Å²) >= 11 is 0. The van der Waals surface area contributed by atoms with Gasteiger partial charge in [-0.1, -0.05) is 0 Å². The van der Waals surface area contributed by atoms with Crippen LogP contribution in [0, 0.1) is 11.8 Å². The number of hydrogen-bond donors (Lipinski definition) is 0. The number of aromatic nitrogens is 2. The van der Waals surface area contributed by atoms with Crippen LogP contribution in [0.4, 0.5) is 13.2 Å². The number of fused-ring (bicyclic) bond motifs is 1. The van der Waals surface area contributed by atoms with Crippen molar-refractivity contribution in [1.29, 1.82) is 0 Å². The van der Waals surface area contributed by atoms with Crippen LogP contribution in [-0.4, -0.2) is 58.7 Å². The molecule has 3 rings (SSSR count). The molecule has 0 aliphatic carbocycles. The highest BCUT2D eigenvalue weighted by Crippen LogP contribution is 2.33. The smallest absolute Gasteiger partial charge is 0.297 e. The zero-order chi connectivity index (χ0) is 14.2. The van der Waals surface area contributed by atoms with Crippen molar-refractivity contribution >= 4 is 0 Å². The zero-order valence-corrected chi connectivity index (χ0v) is 11.1. The van der Waals surface area contributed by atoms with E-state index in [1.54, 1.807) is 18.6 Å². The average molecular weight is 286 g/mol. The summed E-state index contributed by atoms with van der Waals surface area (Å²) in [5.74, 6) is 0.711. The van der Waals surface area contributed by atoms with E-state index in [1.807, 2.05) is 0 Å². The molecule has 4 nitrogen and oxygen atoms in total. The molecule has 0 N–H and O–H groups in total. The maximum atomic E-state index is 12.4. The summed E-state index contributed by atoms with van der Waals surface area (Å²) < 4.78 is 37.1. The van der Waals surface area contributed by atoms with Gasteiger partial charge < -0.3 is 0 Å². The van der Waals surface area contributed by atoms with Crippen LogP contribution in [0.1, 0.15) is 5.69 Å². The van der Waals surface area contributed by atoms with Gasteiger partial charge in [0.15, 0.2) is 0 Å². The Morgan fingerprint density at radius 2 is 1.70 bits per heavy atom. The fourth-order valence-corrected chi connectivity index (χ4v) is 3.34. The van der Waals surface area contributed by atoms with Crippen LogP contribution >= 0.6 is 0 Å². The SMILES string of the molecule is FC(F)(F)CN1CC2CN(Cc3cnccn3)CC2C1. The van der Waals surface area contributed by atoms with E-state index in [9.17, 15) is 13.2 Å². The Labute approximate surface area is 115 Å². The third kappa shape index (κ3) is 3.27. The number of likely N-dealkylation sites (tertiary alicyclic amines) is 2. The van der Waals surface area contributed by atoms with Crippen molar-refractivity contribution in [3.63, 3.8) is 0 Å². The van der Waals surface area contributed by atoms with Crippen molar-refractivity contribution < 1.29 is 13.2 Å². The molecule has 2 atom stereocenters. The van der Waals surface area contributed by atoms with Crippen LogP contribution in [0.25, 0.3) is 0 Å². The van der Waals surface area contributed by atoms with Gasteiger partial charge in [0, 0.05) is 51.3 Å². The molecule has 110 valence electrons. The second-order valence-corrected chi connectivity index (χ2v) is 5.72. The van der Waals surface area contributed by atoms with Gasteiger partial charge in [-0.25, -0.2) is 0 Å². The number of halogens is 3. The molecule has 2 aliphatic heterocycles. The van der Waals surface area contributed by atoms with Gasteiger partial charge in [-0.2, -0.15) is 13.2 Å². The Morgan fingerprint density at radius 3 is 2.25 bits per heavy atom. The molecule has 2 fully saturated rings. The van der Waals surface area contributed by atoms with Crippen molar-refractivity contribution in [1.82, 2.24) is 19.8 Å². The normalized spacial score (nSPS) is 27.9. The molecule has 0 spiro atoms. The van der Waals surface area contributed by atoms with E-state index in [4.69, 9.17) is 0 Å². The molecule has 0 radical (unpaired) electrons. The van der Waals surface area contributed by atoms with Gasteiger partial charge in [-0.3, -0.25) is 19.8 Å². The third-order valence-corrected chi connectivity index (χ3v) is 4.04. The fraction of sp³-hybridized carbons (Fsp3) is 0.692. The molecule has 0 bridgehead atoms. The van der Waals surface area contributed by atoms with Gasteiger partial charge in [0.05, 0.1) is 12.2 Å². The monoisotopic (exact) mass is 286 g/mol. The number of hydrogen-bond acceptors (Lipinski definition) is 4. The maximum Gasteiger partial charge on any atom is 0.401 e. The summed E-state index contributed by atoms with van der Waals surface area (Å²) in [6, 6.07) is 0. The zero-order valence-electron chi connectivity index (χ0n) is 11.1. The highest BCUT2D eigenvalue weighted by Gasteiger charge is 2.43. The molecule has 2 unspecified atom stereocenters. The van der Waals surface area contributed by atoms with E-state index in [0.29, 0.717) is 24.9 Å². The molecule has 0 amide bonds. The predicted octanol–water partition coefficient (Wildman–Crippen LogP) is 1.40. The molecule has 0 aromatic carbocycles. The summed E-state index contributed by atoms with van der Waals surface area (Å²) in [6.45, 7) is 2.79. The first-order valence-corrected chi connectivity index (χ1v) is 6.76. The molecule has 2 aliphatic rings. The molecule has 1 aromatic heterocycles. The van der Waals surface area contributed by atoms with Crippen molar-refractivity contribution in [2.24, 2.45) is 11.8 Å². The quantitative estimate of drug-likeness (QED) is 0.841. The Morgan fingerprint density at radius 1 is 1.05 bits per heavy atom. The van der Waals surface area contributed by atoms with Gasteiger partial charge in [-0.15, -0.1) is 0 Å². The summed E-state index contributed by atoms with van der Waals surface area (Å²) in [5.41, 5.74) is 0.916. The first kappa shape index (κ1) is 13.8. The van der Waals surface area contributed by atoms with Crippen molar-refractivity contribution in [2.75, 3.05) is 32.7 Å². The highest BCUT2D eigenvalue weighted by molar-refractivity contribution is 4.99. The Balaban J connectivity index is 1.51. The van der Waals surface area contributed by atoms with Gasteiger partial charge >= 0.3 is 6.18 Å². The summed E-state index contributed by atoms with van der Waals surface area (Å²) in [5, 5.41) is 0. The van der Waals surface area contributed by atoms with Crippen LogP contribution in [0.5, 0.6) is 0 Å². The number of rotatable bonds is 3. The minimum absolute atomic E-state index is 0.356. The van der Waals surface area contributed by atoms with Crippen LogP contribution in [0.3, 0.4) is 0 Å². The minimum atomic E-state index is -4.09. The van der Waals surface area contributed by atoms with Gasteiger partial charge in [0.2, 0.25) is 0 Å². The van der Waals surface area contributed by atoms with E-state index >= 15 is 0 Å². The minimum Gasteiger partial charge on any atom is -0.297 e. The first-order valence-electron chi connectivity index (χ1n) is 6.76.